The average molecular weight is 312 g/mol. The van der Waals surface area contributed by atoms with Gasteiger partial charge in [0, 0.05) is 5.69 Å². The van der Waals surface area contributed by atoms with Crippen molar-refractivity contribution in [3.05, 3.63) is 40.7 Å². The molecule has 1 N–H and O–H groups in total. The third-order valence-electron chi connectivity index (χ3n) is 2.24. The summed E-state index contributed by atoms with van der Waals surface area (Å²) in [4.78, 5) is 0. The first-order chi connectivity index (χ1) is 9.57. The largest absolute Gasteiger partial charge is 0.374 e. The van der Waals surface area contributed by atoms with Crippen molar-refractivity contribution in [3.8, 4) is 6.07 Å². The van der Waals surface area contributed by atoms with E-state index in [1.807, 2.05) is 24.3 Å². The van der Waals surface area contributed by atoms with Crippen LogP contribution in [0.3, 0.4) is 0 Å². The molecule has 0 fully saturated rings. The minimum absolute atomic E-state index is 0.131. The maximum absolute atomic E-state index is 12.6. The van der Waals surface area contributed by atoms with Crippen molar-refractivity contribution in [1.29, 1.82) is 5.26 Å². The molecule has 7 heteroatoms. The molecule has 1 aromatic carbocycles. The molecule has 0 aliphatic carbocycles. The number of para-hydroxylation sites is 1. The lowest BCUT2D eigenvalue weighted by atomic mass is 10.3. The summed E-state index contributed by atoms with van der Waals surface area (Å²) in [6.07, 6.45) is 0. The van der Waals surface area contributed by atoms with Gasteiger partial charge in [0.1, 0.15) is 6.07 Å². The summed E-state index contributed by atoms with van der Waals surface area (Å²) >= 11 is 4.21. The summed E-state index contributed by atoms with van der Waals surface area (Å²) in [5, 5.41) is 12.2. The van der Waals surface area contributed by atoms with E-state index in [0.29, 0.717) is 0 Å². The molecule has 0 saturated heterocycles. The Morgan fingerprint density at radius 2 is 1.85 bits per heavy atom. The van der Waals surface area contributed by atoms with E-state index in [-0.39, 0.29) is 23.6 Å². The van der Waals surface area contributed by atoms with E-state index >= 15 is 0 Å². The fourth-order valence-electron chi connectivity index (χ4n) is 1.47. The summed E-state index contributed by atoms with van der Waals surface area (Å²) in [6, 6.07) is 11.0. The Bertz CT molecular complexity index is 544. The van der Waals surface area contributed by atoms with Crippen LogP contribution in [0.1, 0.15) is 13.8 Å². The van der Waals surface area contributed by atoms with Crippen LogP contribution < -0.4 is 5.32 Å². The maximum atomic E-state index is 12.6. The molecular formula is C13H17N2O3PS. The summed E-state index contributed by atoms with van der Waals surface area (Å²) in [6.45, 7) is 3.72. The van der Waals surface area contributed by atoms with Crippen molar-refractivity contribution in [2.75, 3.05) is 18.5 Å². The Kier molecular flexibility index (Phi) is 6.83. The maximum Gasteiger partial charge on any atom is 0.374 e. The molecular weight excluding hydrogens is 295 g/mol. The summed E-state index contributed by atoms with van der Waals surface area (Å²) in [7, 11) is -3.64. The van der Waals surface area contributed by atoms with Crippen molar-refractivity contribution in [1.82, 2.24) is 0 Å². The number of rotatable bonds is 7. The number of thiol groups is 1. The SMILES string of the molecule is CCOP(=O)(OCC)C(C#N)=C(S)Nc1ccccc1. The van der Waals surface area contributed by atoms with Gasteiger partial charge in [-0.2, -0.15) is 5.26 Å². The Balaban J connectivity index is 3.11. The lowest BCUT2D eigenvalue weighted by Gasteiger charge is -2.18. The van der Waals surface area contributed by atoms with Crippen LogP contribution in [0.2, 0.25) is 0 Å². The lowest BCUT2D eigenvalue weighted by Crippen LogP contribution is -2.03. The van der Waals surface area contributed by atoms with Crippen molar-refractivity contribution in [2.24, 2.45) is 0 Å². The second-order valence-corrected chi connectivity index (χ2v) is 6.04. The van der Waals surface area contributed by atoms with Crippen LogP contribution in [0, 0.1) is 11.3 Å². The topological polar surface area (TPSA) is 71.3 Å². The van der Waals surface area contributed by atoms with Crippen LogP contribution in [0.4, 0.5) is 5.69 Å². The molecule has 0 aliphatic heterocycles. The van der Waals surface area contributed by atoms with Crippen molar-refractivity contribution < 1.29 is 13.6 Å². The minimum Gasteiger partial charge on any atom is -0.349 e. The molecule has 0 spiro atoms. The Morgan fingerprint density at radius 3 is 2.30 bits per heavy atom. The van der Waals surface area contributed by atoms with Gasteiger partial charge < -0.3 is 14.4 Å². The third-order valence-corrected chi connectivity index (χ3v) is 4.82. The second-order valence-electron chi connectivity index (χ2n) is 3.63. The first-order valence-corrected chi connectivity index (χ1v) is 8.11. The lowest BCUT2D eigenvalue weighted by molar-refractivity contribution is 0.227. The molecule has 0 aliphatic rings. The molecule has 1 rings (SSSR count). The fourth-order valence-corrected chi connectivity index (χ4v) is 3.46. The first kappa shape index (κ1) is 16.8. The first-order valence-electron chi connectivity index (χ1n) is 6.12. The molecule has 108 valence electrons. The summed E-state index contributed by atoms with van der Waals surface area (Å²) < 4.78 is 22.9. The zero-order valence-electron chi connectivity index (χ0n) is 11.4. The molecule has 0 radical (unpaired) electrons. The number of benzene rings is 1. The number of nitriles is 1. The normalized spacial score (nSPS) is 12.5. The predicted octanol–water partition coefficient (Wildman–Crippen LogP) is 3.99. The zero-order chi connectivity index (χ0) is 15.0. The second kappa shape index (κ2) is 8.13. The number of nitrogens with zero attached hydrogens (tertiary/aromatic N) is 1. The van der Waals surface area contributed by atoms with E-state index in [2.05, 4.69) is 17.9 Å². The fraction of sp³-hybridized carbons (Fsp3) is 0.308. The molecule has 20 heavy (non-hydrogen) atoms. The Labute approximate surface area is 124 Å². The Hall–Kier alpha value is -1.25. The average Bonchev–Trinajstić information content (AvgIpc) is 2.41. The monoisotopic (exact) mass is 312 g/mol. The minimum atomic E-state index is -3.64. The van der Waals surface area contributed by atoms with Crippen LogP contribution in [-0.2, 0) is 13.6 Å². The highest BCUT2D eigenvalue weighted by Gasteiger charge is 2.32. The molecule has 0 atom stereocenters. The molecule has 0 saturated carbocycles. The molecule has 0 amide bonds. The van der Waals surface area contributed by atoms with Crippen molar-refractivity contribution in [3.63, 3.8) is 0 Å². The van der Waals surface area contributed by atoms with Crippen molar-refractivity contribution >= 4 is 25.9 Å². The van der Waals surface area contributed by atoms with Gasteiger partial charge in [0.25, 0.3) is 0 Å². The van der Waals surface area contributed by atoms with Gasteiger partial charge in [0.05, 0.1) is 18.2 Å². The highest BCUT2D eigenvalue weighted by molar-refractivity contribution is 7.85. The van der Waals surface area contributed by atoms with E-state index < -0.39 is 7.60 Å². The van der Waals surface area contributed by atoms with E-state index in [4.69, 9.17) is 9.05 Å². The predicted molar refractivity (Wildman–Crippen MR) is 82.5 cm³/mol. The van der Waals surface area contributed by atoms with Gasteiger partial charge in [-0.1, -0.05) is 18.2 Å². The van der Waals surface area contributed by atoms with Crippen LogP contribution in [-0.4, -0.2) is 13.2 Å². The molecule has 0 heterocycles. The van der Waals surface area contributed by atoms with Gasteiger partial charge in [0.15, 0.2) is 5.31 Å². The molecule has 0 bridgehead atoms. The molecule has 5 nitrogen and oxygen atoms in total. The van der Waals surface area contributed by atoms with Crippen LogP contribution >= 0.6 is 20.2 Å². The van der Waals surface area contributed by atoms with E-state index in [9.17, 15) is 9.83 Å². The van der Waals surface area contributed by atoms with Gasteiger partial charge in [-0.15, -0.1) is 12.6 Å². The van der Waals surface area contributed by atoms with E-state index in [0.717, 1.165) is 5.69 Å². The van der Waals surface area contributed by atoms with Crippen molar-refractivity contribution in [2.45, 2.75) is 13.8 Å². The van der Waals surface area contributed by atoms with Gasteiger partial charge in [-0.3, -0.25) is 4.57 Å². The number of hydrogen-bond acceptors (Lipinski definition) is 6. The van der Waals surface area contributed by atoms with Gasteiger partial charge >= 0.3 is 7.60 Å². The quantitative estimate of drug-likeness (QED) is 0.452. The zero-order valence-corrected chi connectivity index (χ0v) is 13.2. The van der Waals surface area contributed by atoms with Gasteiger partial charge in [0.2, 0.25) is 0 Å². The molecule has 0 unspecified atom stereocenters. The standard InChI is InChI=1S/C13H17N2O3PS/c1-3-17-19(16,18-4-2)12(10-14)13(20)15-11-8-6-5-7-9-11/h5-9,15,20H,3-4H2,1-2H3. The Morgan fingerprint density at radius 1 is 1.30 bits per heavy atom. The van der Waals surface area contributed by atoms with Gasteiger partial charge in [-0.25, -0.2) is 0 Å². The smallest absolute Gasteiger partial charge is 0.349 e. The van der Waals surface area contributed by atoms with Crippen LogP contribution in [0.15, 0.2) is 40.7 Å². The van der Waals surface area contributed by atoms with Crippen LogP contribution in [0.5, 0.6) is 0 Å². The highest BCUT2D eigenvalue weighted by atomic mass is 32.1. The van der Waals surface area contributed by atoms with Gasteiger partial charge in [-0.05, 0) is 26.0 Å². The summed E-state index contributed by atoms with van der Waals surface area (Å²) in [5.74, 6) is 0. The number of allylic oxidation sites excluding steroid dienone is 1. The molecule has 0 aromatic heterocycles. The van der Waals surface area contributed by atoms with E-state index in [1.54, 1.807) is 26.0 Å². The third kappa shape index (κ3) is 4.39. The van der Waals surface area contributed by atoms with Crippen LogP contribution in [0.25, 0.3) is 0 Å². The number of hydrogen-bond donors (Lipinski definition) is 2. The number of anilines is 1. The summed E-state index contributed by atoms with van der Waals surface area (Å²) in [5.41, 5.74) is 0.727. The number of nitrogens with one attached hydrogen (secondary N) is 1. The molecule has 1 aromatic rings. The van der Waals surface area contributed by atoms with E-state index in [1.165, 1.54) is 0 Å². The highest BCUT2D eigenvalue weighted by Crippen LogP contribution is 2.57.